The zero-order valence-corrected chi connectivity index (χ0v) is 11.6. The second-order valence-electron chi connectivity index (χ2n) is 5.19. The van der Waals surface area contributed by atoms with Crippen molar-refractivity contribution in [2.75, 3.05) is 26.2 Å². The molecule has 1 N–H and O–H groups in total. The van der Waals surface area contributed by atoms with Crippen molar-refractivity contribution in [2.24, 2.45) is 0 Å². The molecule has 0 amide bonds. The molecule has 2 rings (SSSR count). The molecule has 1 aromatic carbocycles. The maximum atomic E-state index is 12.3. The predicted octanol–water partition coefficient (Wildman–Crippen LogP) is 3.02. The third-order valence-corrected chi connectivity index (χ3v) is 3.62. The predicted molar refractivity (Wildman–Crippen MR) is 78.9 cm³/mol. The number of nitrogens with one attached hydrogen (secondary N) is 1. The monoisotopic (exact) mass is 280 g/mol. The lowest BCUT2D eigenvalue weighted by molar-refractivity contribution is 0.0734. The number of hydrogen-bond acceptors (Lipinski definition) is 2. The van der Waals surface area contributed by atoms with Crippen LogP contribution in [0.15, 0.2) is 36.4 Å². The Balaban J connectivity index is 1.63. The lowest BCUT2D eigenvalue weighted by Gasteiger charge is -2.31. The SMILES string of the molecule is FC(F)CN1CCC(NC/C=C\c2ccccc2)CC1. The van der Waals surface area contributed by atoms with Gasteiger partial charge in [-0.25, -0.2) is 8.78 Å². The Morgan fingerprint density at radius 3 is 2.55 bits per heavy atom. The number of hydrogen-bond donors (Lipinski definition) is 1. The number of halogens is 2. The fourth-order valence-corrected chi connectivity index (χ4v) is 2.51. The van der Waals surface area contributed by atoms with Crippen LogP contribution in [0.3, 0.4) is 0 Å². The van der Waals surface area contributed by atoms with Crippen LogP contribution in [-0.2, 0) is 0 Å². The molecule has 0 aromatic heterocycles. The third kappa shape index (κ3) is 5.39. The quantitative estimate of drug-likeness (QED) is 0.861. The molecule has 0 aliphatic carbocycles. The van der Waals surface area contributed by atoms with Gasteiger partial charge in [0, 0.05) is 12.6 Å². The number of rotatable bonds is 6. The van der Waals surface area contributed by atoms with Gasteiger partial charge in [-0.05, 0) is 31.5 Å². The number of piperidine rings is 1. The molecule has 110 valence electrons. The van der Waals surface area contributed by atoms with Crippen LogP contribution in [0.1, 0.15) is 18.4 Å². The summed E-state index contributed by atoms with van der Waals surface area (Å²) < 4.78 is 24.5. The van der Waals surface area contributed by atoms with Gasteiger partial charge in [0.25, 0.3) is 6.43 Å². The minimum atomic E-state index is -2.21. The van der Waals surface area contributed by atoms with E-state index in [9.17, 15) is 8.78 Å². The van der Waals surface area contributed by atoms with Crippen molar-refractivity contribution in [1.82, 2.24) is 10.2 Å². The summed E-state index contributed by atoms with van der Waals surface area (Å²) >= 11 is 0. The van der Waals surface area contributed by atoms with Gasteiger partial charge in [0.1, 0.15) is 0 Å². The first-order chi connectivity index (χ1) is 9.74. The topological polar surface area (TPSA) is 15.3 Å². The highest BCUT2D eigenvalue weighted by molar-refractivity contribution is 5.48. The molecule has 0 saturated carbocycles. The first kappa shape index (κ1) is 15.1. The van der Waals surface area contributed by atoms with E-state index in [-0.39, 0.29) is 6.54 Å². The van der Waals surface area contributed by atoms with E-state index in [0.717, 1.165) is 32.5 Å². The highest BCUT2D eigenvalue weighted by Crippen LogP contribution is 2.11. The van der Waals surface area contributed by atoms with Crippen molar-refractivity contribution < 1.29 is 8.78 Å². The van der Waals surface area contributed by atoms with Crippen LogP contribution in [0.5, 0.6) is 0 Å². The van der Waals surface area contributed by atoms with Gasteiger partial charge in [-0.1, -0.05) is 42.5 Å². The van der Waals surface area contributed by atoms with Crippen LogP contribution < -0.4 is 5.32 Å². The van der Waals surface area contributed by atoms with Crippen molar-refractivity contribution in [3.63, 3.8) is 0 Å². The van der Waals surface area contributed by atoms with Gasteiger partial charge in [-0.2, -0.15) is 0 Å². The average Bonchev–Trinajstić information content (AvgIpc) is 2.46. The van der Waals surface area contributed by atoms with Gasteiger partial charge in [0.05, 0.1) is 6.54 Å². The number of benzene rings is 1. The van der Waals surface area contributed by atoms with Crippen molar-refractivity contribution >= 4 is 6.08 Å². The molecule has 1 fully saturated rings. The molecule has 4 heteroatoms. The summed E-state index contributed by atoms with van der Waals surface area (Å²) in [6, 6.07) is 10.6. The van der Waals surface area contributed by atoms with Crippen LogP contribution in [-0.4, -0.2) is 43.5 Å². The lowest BCUT2D eigenvalue weighted by atomic mass is 10.1. The van der Waals surface area contributed by atoms with E-state index in [1.165, 1.54) is 5.56 Å². The Labute approximate surface area is 119 Å². The average molecular weight is 280 g/mol. The molecule has 1 saturated heterocycles. The van der Waals surface area contributed by atoms with E-state index in [1.54, 1.807) is 0 Å². The van der Waals surface area contributed by atoms with E-state index in [2.05, 4.69) is 29.6 Å². The highest BCUT2D eigenvalue weighted by atomic mass is 19.3. The molecule has 0 bridgehead atoms. The molecule has 0 atom stereocenters. The summed E-state index contributed by atoms with van der Waals surface area (Å²) in [4.78, 5) is 1.85. The zero-order valence-electron chi connectivity index (χ0n) is 11.6. The summed E-state index contributed by atoms with van der Waals surface area (Å²) in [5.74, 6) is 0. The summed E-state index contributed by atoms with van der Waals surface area (Å²) in [5.41, 5.74) is 1.20. The summed E-state index contributed by atoms with van der Waals surface area (Å²) in [5, 5.41) is 3.46. The maximum Gasteiger partial charge on any atom is 0.251 e. The molecule has 1 heterocycles. The lowest BCUT2D eigenvalue weighted by Crippen LogP contribution is -2.43. The Bertz CT molecular complexity index is 398. The third-order valence-electron chi connectivity index (χ3n) is 3.62. The van der Waals surface area contributed by atoms with Crippen LogP contribution in [0, 0.1) is 0 Å². The second kappa shape index (κ2) is 8.12. The van der Waals surface area contributed by atoms with Gasteiger partial charge >= 0.3 is 0 Å². The molecule has 1 aliphatic rings. The zero-order chi connectivity index (χ0) is 14.2. The first-order valence-electron chi connectivity index (χ1n) is 7.19. The maximum absolute atomic E-state index is 12.3. The number of likely N-dealkylation sites (tertiary alicyclic amines) is 1. The van der Waals surface area contributed by atoms with Crippen molar-refractivity contribution in [3.05, 3.63) is 42.0 Å². The Hall–Kier alpha value is -1.26. The molecule has 1 aromatic rings. The van der Waals surface area contributed by atoms with Crippen LogP contribution in [0.25, 0.3) is 6.08 Å². The molecule has 20 heavy (non-hydrogen) atoms. The molecular weight excluding hydrogens is 258 g/mol. The van der Waals surface area contributed by atoms with E-state index in [1.807, 2.05) is 23.1 Å². The van der Waals surface area contributed by atoms with E-state index in [0.29, 0.717) is 6.04 Å². The molecule has 1 aliphatic heterocycles. The molecule has 2 nitrogen and oxygen atoms in total. The number of alkyl halides is 2. The normalized spacial score (nSPS) is 18.1. The van der Waals surface area contributed by atoms with Gasteiger partial charge in [-0.15, -0.1) is 0 Å². The fraction of sp³-hybridized carbons (Fsp3) is 0.500. The summed E-state index contributed by atoms with van der Waals surface area (Å²) in [6.45, 7) is 2.28. The Morgan fingerprint density at radius 2 is 1.90 bits per heavy atom. The Kier molecular flexibility index (Phi) is 6.15. The second-order valence-corrected chi connectivity index (χ2v) is 5.19. The Morgan fingerprint density at radius 1 is 1.20 bits per heavy atom. The van der Waals surface area contributed by atoms with E-state index >= 15 is 0 Å². The fourth-order valence-electron chi connectivity index (χ4n) is 2.51. The standard InChI is InChI=1S/C16H22F2N2/c17-16(18)13-20-11-8-15(9-12-20)19-10-4-7-14-5-2-1-3-6-14/h1-7,15-16,19H,8-13H2/b7-4-. The molecule has 0 radical (unpaired) electrons. The first-order valence-corrected chi connectivity index (χ1v) is 7.19. The molecule has 0 spiro atoms. The largest absolute Gasteiger partial charge is 0.310 e. The van der Waals surface area contributed by atoms with E-state index < -0.39 is 6.43 Å². The van der Waals surface area contributed by atoms with Gasteiger partial charge in [0.2, 0.25) is 0 Å². The van der Waals surface area contributed by atoms with Gasteiger partial charge in [-0.3, -0.25) is 4.90 Å². The van der Waals surface area contributed by atoms with Gasteiger partial charge < -0.3 is 5.32 Å². The molecule has 0 unspecified atom stereocenters. The molecular formula is C16H22F2N2. The number of nitrogens with zero attached hydrogens (tertiary/aromatic N) is 1. The van der Waals surface area contributed by atoms with Crippen molar-refractivity contribution in [1.29, 1.82) is 0 Å². The van der Waals surface area contributed by atoms with Crippen LogP contribution >= 0.6 is 0 Å². The van der Waals surface area contributed by atoms with Gasteiger partial charge in [0.15, 0.2) is 0 Å². The summed E-state index contributed by atoms with van der Waals surface area (Å²) in [7, 11) is 0. The van der Waals surface area contributed by atoms with E-state index in [4.69, 9.17) is 0 Å². The van der Waals surface area contributed by atoms with Crippen molar-refractivity contribution in [2.45, 2.75) is 25.3 Å². The minimum Gasteiger partial charge on any atom is -0.310 e. The van der Waals surface area contributed by atoms with Crippen molar-refractivity contribution in [3.8, 4) is 0 Å². The van der Waals surface area contributed by atoms with Crippen LogP contribution in [0.4, 0.5) is 8.78 Å². The minimum absolute atomic E-state index is 0.0827. The summed E-state index contributed by atoms with van der Waals surface area (Å²) in [6.07, 6.45) is 3.89. The highest BCUT2D eigenvalue weighted by Gasteiger charge is 2.20. The smallest absolute Gasteiger partial charge is 0.251 e. The van der Waals surface area contributed by atoms with Crippen LogP contribution in [0.2, 0.25) is 0 Å².